The van der Waals surface area contributed by atoms with Crippen molar-refractivity contribution in [2.24, 2.45) is 0 Å². The number of hydrogen-bond donors (Lipinski definition) is 0. The molecule has 0 atom stereocenters. The summed E-state index contributed by atoms with van der Waals surface area (Å²) in [6.07, 6.45) is 5.05. The van der Waals surface area contributed by atoms with Crippen LogP contribution in [0.2, 0.25) is 0 Å². The van der Waals surface area contributed by atoms with Gasteiger partial charge >= 0.3 is 0 Å². The first kappa shape index (κ1) is 13.2. The number of allylic oxidation sites excluding steroid dienone is 4. The Labute approximate surface area is 93.0 Å². The third kappa shape index (κ3) is 5.48. The maximum atomic E-state index is 3.86. The zero-order valence-corrected chi connectivity index (χ0v) is 9.37. The molecule has 0 saturated heterocycles. The van der Waals surface area contributed by atoms with Gasteiger partial charge in [-0.15, -0.1) is 0 Å². The topological polar surface area (TPSA) is 0 Å². The van der Waals surface area contributed by atoms with Crippen LogP contribution in [0.25, 0.3) is 5.57 Å². The molecule has 15 heavy (non-hydrogen) atoms. The summed E-state index contributed by atoms with van der Waals surface area (Å²) in [6.45, 7) is 16.3. The van der Waals surface area contributed by atoms with Crippen molar-refractivity contribution < 1.29 is 0 Å². The van der Waals surface area contributed by atoms with Crippen molar-refractivity contribution in [1.82, 2.24) is 0 Å². The van der Waals surface area contributed by atoms with Gasteiger partial charge in [-0.2, -0.15) is 0 Å². The van der Waals surface area contributed by atoms with Crippen LogP contribution in [0.3, 0.4) is 0 Å². The molecule has 0 aliphatic rings. The molecule has 0 bridgehead atoms. The summed E-state index contributed by atoms with van der Waals surface area (Å²) in [6, 6.07) is 8.26. The van der Waals surface area contributed by atoms with Gasteiger partial charge in [0.05, 0.1) is 0 Å². The molecule has 0 heterocycles. The Balaban J connectivity index is 0.000000423. The lowest BCUT2D eigenvalue weighted by molar-refractivity contribution is 1.46. The van der Waals surface area contributed by atoms with Crippen molar-refractivity contribution >= 4 is 5.57 Å². The molecule has 0 unspecified atom stereocenters. The van der Waals surface area contributed by atoms with E-state index in [-0.39, 0.29) is 0 Å². The van der Waals surface area contributed by atoms with Gasteiger partial charge in [-0.1, -0.05) is 74.4 Å². The van der Waals surface area contributed by atoms with Crippen LogP contribution >= 0.6 is 0 Å². The molecule has 1 aromatic rings. The molecule has 0 heteroatoms. The largest absolute Gasteiger partial charge is 0.0991 e. The Kier molecular flexibility index (Phi) is 6.65. The van der Waals surface area contributed by atoms with Gasteiger partial charge in [-0.25, -0.2) is 0 Å². The van der Waals surface area contributed by atoms with Crippen LogP contribution in [-0.2, 0) is 0 Å². The van der Waals surface area contributed by atoms with Gasteiger partial charge in [0.1, 0.15) is 0 Å². The summed E-state index contributed by atoms with van der Waals surface area (Å²) in [5, 5.41) is 0. The van der Waals surface area contributed by atoms with Crippen LogP contribution in [0.5, 0.6) is 0 Å². The molecule has 1 aromatic carbocycles. The second kappa shape index (κ2) is 7.57. The molecule has 0 nitrogen and oxygen atoms in total. The fourth-order valence-corrected chi connectivity index (χ4v) is 0.885. The van der Waals surface area contributed by atoms with Gasteiger partial charge in [0.2, 0.25) is 0 Å². The van der Waals surface area contributed by atoms with Gasteiger partial charge in [-0.05, 0) is 18.1 Å². The quantitative estimate of drug-likeness (QED) is 0.625. The molecule has 0 spiro atoms. The first-order valence-electron chi connectivity index (χ1n) is 4.77. The van der Waals surface area contributed by atoms with E-state index in [0.29, 0.717) is 0 Å². The molecule has 1 rings (SSSR count). The van der Waals surface area contributed by atoms with Crippen LogP contribution in [0.1, 0.15) is 11.1 Å². The highest BCUT2D eigenvalue weighted by Gasteiger charge is 1.91. The summed E-state index contributed by atoms with van der Waals surface area (Å²) in [4.78, 5) is 0. The van der Waals surface area contributed by atoms with E-state index in [0.717, 1.165) is 11.1 Å². The monoisotopic (exact) mass is 198 g/mol. The second-order valence-electron chi connectivity index (χ2n) is 3.07. The van der Waals surface area contributed by atoms with Crippen LogP contribution in [-0.4, -0.2) is 0 Å². The Bertz CT molecular complexity index is 333. The minimum Gasteiger partial charge on any atom is -0.0991 e. The minimum absolute atomic E-state index is 0.977. The van der Waals surface area contributed by atoms with Crippen molar-refractivity contribution in [3.05, 3.63) is 79.9 Å². The molecule has 0 aliphatic carbocycles. The number of aryl methyl sites for hydroxylation is 1. The van der Waals surface area contributed by atoms with Crippen molar-refractivity contribution in [2.75, 3.05) is 0 Å². The molecule has 0 N–H and O–H groups in total. The van der Waals surface area contributed by atoms with Gasteiger partial charge in [0, 0.05) is 0 Å². The Morgan fingerprint density at radius 3 is 1.80 bits per heavy atom. The third-order valence-electron chi connectivity index (χ3n) is 1.84. The maximum Gasteiger partial charge on any atom is -0.0190 e. The summed E-state index contributed by atoms with van der Waals surface area (Å²) >= 11 is 0. The molecule has 0 amide bonds. The van der Waals surface area contributed by atoms with Gasteiger partial charge < -0.3 is 0 Å². The summed E-state index contributed by atoms with van der Waals surface area (Å²) in [7, 11) is 0. The normalized spacial score (nSPS) is 8.07. The molecule has 0 aliphatic heterocycles. The van der Waals surface area contributed by atoms with E-state index in [1.165, 1.54) is 5.56 Å². The fraction of sp³-hybridized carbons (Fsp3) is 0.0667. The van der Waals surface area contributed by atoms with E-state index in [9.17, 15) is 0 Å². The van der Waals surface area contributed by atoms with E-state index < -0.39 is 0 Å². The second-order valence-corrected chi connectivity index (χ2v) is 3.07. The molecule has 0 fully saturated rings. The van der Waals surface area contributed by atoms with Crippen LogP contribution in [0, 0.1) is 6.92 Å². The number of rotatable bonds is 3. The first-order valence-corrected chi connectivity index (χ1v) is 4.77. The van der Waals surface area contributed by atoms with Crippen molar-refractivity contribution in [3.63, 3.8) is 0 Å². The third-order valence-corrected chi connectivity index (χ3v) is 1.84. The Morgan fingerprint density at radius 2 is 1.47 bits per heavy atom. The zero-order chi connectivity index (χ0) is 11.7. The van der Waals surface area contributed by atoms with Crippen LogP contribution in [0.4, 0.5) is 0 Å². The lowest BCUT2D eigenvalue weighted by Gasteiger charge is -1.99. The van der Waals surface area contributed by atoms with Crippen LogP contribution < -0.4 is 0 Å². The van der Waals surface area contributed by atoms with Gasteiger partial charge in [0.15, 0.2) is 0 Å². The lowest BCUT2D eigenvalue weighted by Crippen LogP contribution is -1.78. The zero-order valence-electron chi connectivity index (χ0n) is 9.37. The van der Waals surface area contributed by atoms with Gasteiger partial charge in [0.25, 0.3) is 0 Å². The maximum absolute atomic E-state index is 3.86. The smallest absolute Gasteiger partial charge is 0.0190 e. The lowest BCUT2D eigenvalue weighted by atomic mass is 10.1. The highest BCUT2D eigenvalue weighted by atomic mass is 14.0. The SMILES string of the molecule is C=CC(=C)c1ccc(C)cc1.C=CC=C. The summed E-state index contributed by atoms with van der Waals surface area (Å²) < 4.78 is 0. The summed E-state index contributed by atoms with van der Waals surface area (Å²) in [5.41, 5.74) is 3.39. The molecular weight excluding hydrogens is 180 g/mol. The molecule has 0 radical (unpaired) electrons. The van der Waals surface area contributed by atoms with Crippen molar-refractivity contribution in [3.8, 4) is 0 Å². The van der Waals surface area contributed by atoms with Crippen LogP contribution in [0.15, 0.2) is 68.8 Å². The average Bonchev–Trinajstić information content (AvgIpc) is 2.29. The minimum atomic E-state index is 0.977. The standard InChI is InChI=1S/C11H12.C4H6/c1-4-10(3)11-7-5-9(2)6-8-11;1-3-4-2/h4-8H,1,3H2,2H3;3-4H,1-2H2. The van der Waals surface area contributed by atoms with E-state index in [2.05, 4.69) is 57.5 Å². The first-order chi connectivity index (χ1) is 7.15. The predicted molar refractivity (Wildman–Crippen MR) is 70.8 cm³/mol. The predicted octanol–water partition coefficient (Wildman–Crippen LogP) is 4.55. The highest BCUT2D eigenvalue weighted by molar-refractivity contribution is 5.71. The molecular formula is C15H18. The van der Waals surface area contributed by atoms with E-state index in [1.807, 2.05) is 0 Å². The van der Waals surface area contributed by atoms with E-state index >= 15 is 0 Å². The highest BCUT2D eigenvalue weighted by Crippen LogP contribution is 2.12. The Hall–Kier alpha value is -1.82. The Morgan fingerprint density at radius 1 is 1.00 bits per heavy atom. The van der Waals surface area contributed by atoms with Gasteiger partial charge in [-0.3, -0.25) is 0 Å². The van der Waals surface area contributed by atoms with Crippen molar-refractivity contribution in [2.45, 2.75) is 6.92 Å². The molecule has 0 aromatic heterocycles. The van der Waals surface area contributed by atoms with E-state index in [1.54, 1.807) is 18.2 Å². The van der Waals surface area contributed by atoms with Crippen molar-refractivity contribution in [1.29, 1.82) is 0 Å². The summed E-state index contributed by atoms with van der Waals surface area (Å²) in [5.74, 6) is 0. The fourth-order valence-electron chi connectivity index (χ4n) is 0.885. The van der Waals surface area contributed by atoms with E-state index in [4.69, 9.17) is 0 Å². The molecule has 78 valence electrons. The number of hydrogen-bond acceptors (Lipinski definition) is 0. The average molecular weight is 198 g/mol. The number of benzene rings is 1. The molecule has 0 saturated carbocycles.